The molecule has 0 aliphatic rings. The Morgan fingerprint density at radius 3 is 2.60 bits per heavy atom. The third kappa shape index (κ3) is 4.90. The molecule has 1 rings (SSSR count). The SMILES string of the molecule is CCN(CC)CCNCc1ccc(C(=O)OC)c(F)c1. The van der Waals surface area contributed by atoms with E-state index in [1.165, 1.54) is 19.2 Å². The van der Waals surface area contributed by atoms with Crippen molar-refractivity contribution in [2.24, 2.45) is 0 Å². The molecule has 0 saturated heterocycles. The van der Waals surface area contributed by atoms with Gasteiger partial charge in [-0.05, 0) is 30.8 Å². The molecule has 112 valence electrons. The third-order valence-electron chi connectivity index (χ3n) is 3.27. The van der Waals surface area contributed by atoms with E-state index in [0.29, 0.717) is 6.54 Å². The predicted molar refractivity (Wildman–Crippen MR) is 77.2 cm³/mol. The van der Waals surface area contributed by atoms with Crippen LogP contribution in [-0.2, 0) is 11.3 Å². The zero-order valence-electron chi connectivity index (χ0n) is 12.4. The van der Waals surface area contributed by atoms with E-state index in [1.54, 1.807) is 6.07 Å². The van der Waals surface area contributed by atoms with Crippen LogP contribution in [0.25, 0.3) is 0 Å². The molecular formula is C15H23FN2O2. The minimum absolute atomic E-state index is 0.0283. The van der Waals surface area contributed by atoms with Crippen LogP contribution in [0.1, 0.15) is 29.8 Å². The summed E-state index contributed by atoms with van der Waals surface area (Å²) < 4.78 is 18.2. The van der Waals surface area contributed by atoms with Gasteiger partial charge < -0.3 is 15.0 Å². The molecule has 0 amide bonds. The molecule has 1 aromatic rings. The first kappa shape index (κ1) is 16.6. The molecule has 0 aliphatic carbocycles. The van der Waals surface area contributed by atoms with Gasteiger partial charge in [0.05, 0.1) is 12.7 Å². The first-order valence-electron chi connectivity index (χ1n) is 6.92. The van der Waals surface area contributed by atoms with Gasteiger partial charge in [-0.1, -0.05) is 19.9 Å². The summed E-state index contributed by atoms with van der Waals surface area (Å²) in [5.41, 5.74) is 0.786. The van der Waals surface area contributed by atoms with Gasteiger partial charge in [0.25, 0.3) is 0 Å². The van der Waals surface area contributed by atoms with Crippen molar-refractivity contribution < 1.29 is 13.9 Å². The van der Waals surface area contributed by atoms with Crippen molar-refractivity contribution in [2.45, 2.75) is 20.4 Å². The number of rotatable bonds is 8. The number of nitrogens with one attached hydrogen (secondary N) is 1. The zero-order chi connectivity index (χ0) is 15.0. The number of hydrogen-bond donors (Lipinski definition) is 1. The molecule has 0 aliphatic heterocycles. The first-order chi connectivity index (χ1) is 9.62. The van der Waals surface area contributed by atoms with Crippen LogP contribution in [0.2, 0.25) is 0 Å². The Kier molecular flexibility index (Phi) is 7.18. The minimum Gasteiger partial charge on any atom is -0.465 e. The Hall–Kier alpha value is -1.46. The van der Waals surface area contributed by atoms with Gasteiger partial charge in [-0.2, -0.15) is 0 Å². The van der Waals surface area contributed by atoms with Crippen molar-refractivity contribution in [2.75, 3.05) is 33.3 Å². The van der Waals surface area contributed by atoms with E-state index < -0.39 is 11.8 Å². The summed E-state index contributed by atoms with van der Waals surface area (Å²) in [5, 5.41) is 3.27. The Balaban J connectivity index is 2.45. The fraction of sp³-hybridized carbons (Fsp3) is 0.533. The van der Waals surface area contributed by atoms with Crippen molar-refractivity contribution in [3.05, 3.63) is 35.1 Å². The van der Waals surface area contributed by atoms with Crippen molar-refractivity contribution >= 4 is 5.97 Å². The van der Waals surface area contributed by atoms with E-state index in [9.17, 15) is 9.18 Å². The second-order valence-electron chi connectivity index (χ2n) is 4.51. The van der Waals surface area contributed by atoms with Crippen LogP contribution in [-0.4, -0.2) is 44.2 Å². The highest BCUT2D eigenvalue weighted by molar-refractivity contribution is 5.89. The van der Waals surface area contributed by atoms with E-state index in [4.69, 9.17) is 0 Å². The lowest BCUT2D eigenvalue weighted by molar-refractivity contribution is 0.0595. The Morgan fingerprint density at radius 1 is 1.35 bits per heavy atom. The Bertz CT molecular complexity index is 434. The molecule has 0 unspecified atom stereocenters. The van der Waals surface area contributed by atoms with E-state index in [0.717, 1.165) is 31.7 Å². The van der Waals surface area contributed by atoms with Crippen molar-refractivity contribution in [3.63, 3.8) is 0 Å². The first-order valence-corrected chi connectivity index (χ1v) is 6.92. The lowest BCUT2D eigenvalue weighted by Gasteiger charge is -2.18. The average molecular weight is 282 g/mol. The molecule has 0 bridgehead atoms. The number of carbonyl (C=O) groups is 1. The molecule has 0 atom stereocenters. The molecule has 20 heavy (non-hydrogen) atoms. The topological polar surface area (TPSA) is 41.6 Å². The maximum absolute atomic E-state index is 13.7. The summed E-state index contributed by atoms with van der Waals surface area (Å²) >= 11 is 0. The van der Waals surface area contributed by atoms with Crippen LogP contribution in [0, 0.1) is 5.82 Å². The van der Waals surface area contributed by atoms with Crippen LogP contribution >= 0.6 is 0 Å². The molecule has 1 N–H and O–H groups in total. The molecule has 0 saturated carbocycles. The van der Waals surface area contributed by atoms with Crippen LogP contribution in [0.3, 0.4) is 0 Å². The molecular weight excluding hydrogens is 259 g/mol. The quantitative estimate of drug-likeness (QED) is 0.585. The summed E-state index contributed by atoms with van der Waals surface area (Å²) in [6, 6.07) is 4.57. The van der Waals surface area contributed by atoms with Gasteiger partial charge in [0.15, 0.2) is 0 Å². The number of methoxy groups -OCH3 is 1. The predicted octanol–water partition coefficient (Wildman–Crippen LogP) is 2.04. The highest BCUT2D eigenvalue weighted by Gasteiger charge is 2.11. The number of hydrogen-bond acceptors (Lipinski definition) is 4. The molecule has 0 radical (unpaired) electrons. The van der Waals surface area contributed by atoms with Gasteiger partial charge in [-0.3, -0.25) is 0 Å². The van der Waals surface area contributed by atoms with Gasteiger partial charge >= 0.3 is 5.97 Å². The number of carbonyl (C=O) groups excluding carboxylic acids is 1. The number of likely N-dealkylation sites (N-methyl/N-ethyl adjacent to an activating group) is 1. The lowest BCUT2D eigenvalue weighted by atomic mass is 10.1. The summed E-state index contributed by atoms with van der Waals surface area (Å²) in [6.45, 7) is 8.72. The highest BCUT2D eigenvalue weighted by Crippen LogP contribution is 2.11. The largest absolute Gasteiger partial charge is 0.465 e. The van der Waals surface area contributed by atoms with Gasteiger partial charge in [0, 0.05) is 19.6 Å². The molecule has 0 fully saturated rings. The Morgan fingerprint density at radius 2 is 2.05 bits per heavy atom. The van der Waals surface area contributed by atoms with E-state index >= 15 is 0 Å². The summed E-state index contributed by atoms with van der Waals surface area (Å²) in [6.07, 6.45) is 0. The van der Waals surface area contributed by atoms with Crippen LogP contribution in [0.4, 0.5) is 4.39 Å². The van der Waals surface area contributed by atoms with Gasteiger partial charge in [0.1, 0.15) is 5.82 Å². The van der Waals surface area contributed by atoms with E-state index in [1.807, 2.05) is 0 Å². The zero-order valence-corrected chi connectivity index (χ0v) is 12.4. The highest BCUT2D eigenvalue weighted by atomic mass is 19.1. The summed E-state index contributed by atoms with van der Waals surface area (Å²) in [4.78, 5) is 13.6. The number of benzene rings is 1. The number of ether oxygens (including phenoxy) is 1. The molecule has 5 heteroatoms. The van der Waals surface area contributed by atoms with Crippen molar-refractivity contribution in [1.82, 2.24) is 10.2 Å². The molecule has 4 nitrogen and oxygen atoms in total. The van der Waals surface area contributed by atoms with Crippen LogP contribution in [0.5, 0.6) is 0 Å². The van der Waals surface area contributed by atoms with Gasteiger partial charge in [0.2, 0.25) is 0 Å². The standard InChI is InChI=1S/C15H23FN2O2/c1-4-18(5-2)9-8-17-11-12-6-7-13(14(16)10-12)15(19)20-3/h6-7,10,17H,4-5,8-9,11H2,1-3H3. The molecule has 0 spiro atoms. The Labute approximate surface area is 119 Å². The number of nitrogens with zero attached hydrogens (tertiary/aromatic N) is 1. The lowest BCUT2D eigenvalue weighted by Crippen LogP contribution is -2.31. The van der Waals surface area contributed by atoms with Crippen molar-refractivity contribution in [3.8, 4) is 0 Å². The van der Waals surface area contributed by atoms with E-state index in [2.05, 4.69) is 28.8 Å². The van der Waals surface area contributed by atoms with Crippen molar-refractivity contribution in [1.29, 1.82) is 0 Å². The van der Waals surface area contributed by atoms with Crippen LogP contribution in [0.15, 0.2) is 18.2 Å². The summed E-state index contributed by atoms with van der Waals surface area (Å²) in [7, 11) is 1.24. The number of esters is 1. The average Bonchev–Trinajstić information content (AvgIpc) is 2.47. The molecule has 0 heterocycles. The fourth-order valence-corrected chi connectivity index (χ4v) is 1.95. The normalized spacial score (nSPS) is 10.8. The second-order valence-corrected chi connectivity index (χ2v) is 4.51. The maximum Gasteiger partial charge on any atom is 0.340 e. The number of halogens is 1. The van der Waals surface area contributed by atoms with Crippen LogP contribution < -0.4 is 5.32 Å². The second kappa shape index (κ2) is 8.66. The third-order valence-corrected chi connectivity index (χ3v) is 3.27. The molecule has 1 aromatic carbocycles. The van der Waals surface area contributed by atoms with Gasteiger partial charge in [-0.15, -0.1) is 0 Å². The fourth-order valence-electron chi connectivity index (χ4n) is 1.95. The van der Waals surface area contributed by atoms with E-state index in [-0.39, 0.29) is 5.56 Å². The minimum atomic E-state index is -0.649. The maximum atomic E-state index is 13.7. The summed E-state index contributed by atoms with van der Waals surface area (Å²) in [5.74, 6) is -1.19. The molecule has 0 aromatic heterocycles. The monoisotopic (exact) mass is 282 g/mol. The smallest absolute Gasteiger partial charge is 0.340 e. The van der Waals surface area contributed by atoms with Gasteiger partial charge in [-0.25, -0.2) is 9.18 Å².